The van der Waals surface area contributed by atoms with Crippen LogP contribution in [-0.2, 0) is 19.1 Å². The van der Waals surface area contributed by atoms with Gasteiger partial charge in [0, 0.05) is 30.4 Å². The normalized spacial score (nSPS) is 17.3. The number of benzene rings is 1. The molecule has 1 aliphatic heterocycles. The van der Waals surface area contributed by atoms with Crippen LogP contribution in [0.2, 0.25) is 0 Å². The van der Waals surface area contributed by atoms with Gasteiger partial charge in [-0.25, -0.2) is 9.59 Å². The lowest BCUT2D eigenvalue weighted by Crippen LogP contribution is -2.42. The summed E-state index contributed by atoms with van der Waals surface area (Å²) in [5, 5.41) is 6.08. The van der Waals surface area contributed by atoms with Crippen LogP contribution in [0.15, 0.2) is 41.4 Å². The Labute approximate surface area is 125 Å². The quantitative estimate of drug-likeness (QED) is 0.525. The summed E-state index contributed by atoms with van der Waals surface area (Å²) in [6.45, 7) is 3.02. The summed E-state index contributed by atoms with van der Waals surface area (Å²) in [5.74, 6) is -2.61. The smallest absolute Gasteiger partial charge is 0.350 e. The van der Waals surface area contributed by atoms with E-state index < -0.39 is 17.7 Å². The van der Waals surface area contributed by atoms with Crippen molar-refractivity contribution in [3.63, 3.8) is 0 Å². The molecule has 2 aromatic rings. The van der Waals surface area contributed by atoms with E-state index in [4.69, 9.17) is 9.47 Å². The number of anilines is 1. The van der Waals surface area contributed by atoms with Gasteiger partial charge in [-0.15, -0.1) is 11.3 Å². The largest absolute Gasteiger partial charge is 0.419 e. The molecule has 0 aliphatic carbocycles. The summed E-state index contributed by atoms with van der Waals surface area (Å²) in [6.07, 6.45) is 1.31. The van der Waals surface area contributed by atoms with Crippen LogP contribution in [-0.4, -0.2) is 17.7 Å². The summed E-state index contributed by atoms with van der Waals surface area (Å²) in [5.41, 5.74) is 0.628. The third-order valence-corrected chi connectivity index (χ3v) is 3.84. The number of carbonyl (C=O) groups is 2. The predicted molar refractivity (Wildman–Crippen MR) is 79.8 cm³/mol. The van der Waals surface area contributed by atoms with Crippen molar-refractivity contribution in [2.24, 2.45) is 0 Å². The number of ether oxygens (including phenoxy) is 2. The lowest BCUT2D eigenvalue weighted by Gasteiger charge is -2.29. The number of hydrogen-bond acceptors (Lipinski definition) is 6. The average molecular weight is 303 g/mol. The second-order valence-electron chi connectivity index (χ2n) is 5.05. The van der Waals surface area contributed by atoms with Crippen molar-refractivity contribution in [1.29, 1.82) is 0 Å². The van der Waals surface area contributed by atoms with Crippen LogP contribution >= 0.6 is 11.3 Å². The fourth-order valence-corrected chi connectivity index (χ4v) is 2.81. The monoisotopic (exact) mass is 303 g/mol. The molecular formula is C15H13NO4S. The summed E-state index contributed by atoms with van der Waals surface area (Å²) in [4.78, 5) is 23.6. The van der Waals surface area contributed by atoms with Gasteiger partial charge >= 0.3 is 11.9 Å². The first-order valence-corrected chi connectivity index (χ1v) is 7.23. The number of carbonyl (C=O) groups excluding carboxylic acids is 2. The zero-order valence-electron chi connectivity index (χ0n) is 11.5. The van der Waals surface area contributed by atoms with Crippen LogP contribution in [0.25, 0.3) is 10.1 Å². The molecule has 0 amide bonds. The highest BCUT2D eigenvalue weighted by Crippen LogP contribution is 2.25. The van der Waals surface area contributed by atoms with E-state index >= 15 is 0 Å². The second-order valence-corrected chi connectivity index (χ2v) is 6.00. The molecule has 21 heavy (non-hydrogen) atoms. The summed E-state index contributed by atoms with van der Waals surface area (Å²) < 4.78 is 11.1. The van der Waals surface area contributed by atoms with E-state index in [9.17, 15) is 9.59 Å². The fraction of sp³-hybridized carbons (Fsp3) is 0.200. The predicted octanol–water partition coefficient (Wildman–Crippen LogP) is 3.03. The van der Waals surface area contributed by atoms with Crippen LogP contribution in [0.4, 0.5) is 5.69 Å². The van der Waals surface area contributed by atoms with Crippen LogP contribution in [0.1, 0.15) is 13.8 Å². The topological polar surface area (TPSA) is 64.6 Å². The standard InChI is InChI=1S/C15H13NO4S/c1-15(2)19-13(17)11(14(18)20-15)8-16-10-4-3-9-5-6-21-12(9)7-10/h3-8,16H,1-2H3. The van der Waals surface area contributed by atoms with E-state index in [-0.39, 0.29) is 5.57 Å². The highest BCUT2D eigenvalue weighted by molar-refractivity contribution is 7.17. The van der Waals surface area contributed by atoms with E-state index in [1.807, 2.05) is 29.6 Å². The highest BCUT2D eigenvalue weighted by Gasteiger charge is 2.38. The minimum Gasteiger partial charge on any atom is -0.419 e. The number of esters is 2. The number of thiophene rings is 1. The van der Waals surface area contributed by atoms with Crippen LogP contribution in [0, 0.1) is 0 Å². The maximum Gasteiger partial charge on any atom is 0.350 e. The van der Waals surface area contributed by atoms with Gasteiger partial charge < -0.3 is 14.8 Å². The SMILES string of the molecule is CC1(C)OC(=O)C(=CNc2ccc3ccsc3c2)C(=O)O1. The number of rotatable bonds is 2. The molecule has 6 heteroatoms. The maximum atomic E-state index is 11.8. The van der Waals surface area contributed by atoms with Crippen molar-refractivity contribution in [1.82, 2.24) is 0 Å². The minimum atomic E-state index is -1.22. The first kappa shape index (κ1) is 13.6. The van der Waals surface area contributed by atoms with E-state index in [0.29, 0.717) is 0 Å². The van der Waals surface area contributed by atoms with Gasteiger partial charge in [0.05, 0.1) is 0 Å². The van der Waals surface area contributed by atoms with Gasteiger partial charge in [0.1, 0.15) is 0 Å². The van der Waals surface area contributed by atoms with Crippen LogP contribution in [0.3, 0.4) is 0 Å². The molecule has 1 N–H and O–H groups in total. The van der Waals surface area contributed by atoms with E-state index in [1.165, 1.54) is 20.0 Å². The van der Waals surface area contributed by atoms with Gasteiger partial charge in [-0.1, -0.05) is 6.07 Å². The molecule has 0 saturated carbocycles. The maximum absolute atomic E-state index is 11.8. The van der Waals surface area contributed by atoms with Gasteiger partial charge in [-0.2, -0.15) is 0 Å². The fourth-order valence-electron chi connectivity index (χ4n) is 1.98. The molecule has 0 atom stereocenters. The minimum absolute atomic E-state index is 0.152. The molecular weight excluding hydrogens is 290 g/mol. The molecule has 1 saturated heterocycles. The van der Waals surface area contributed by atoms with Crippen molar-refractivity contribution in [2.45, 2.75) is 19.6 Å². The van der Waals surface area contributed by atoms with Gasteiger partial charge in [-0.05, 0) is 29.0 Å². The Morgan fingerprint density at radius 3 is 2.57 bits per heavy atom. The van der Waals surface area contributed by atoms with Crippen molar-refractivity contribution in [3.8, 4) is 0 Å². The Morgan fingerprint density at radius 2 is 1.86 bits per heavy atom. The molecule has 0 bridgehead atoms. The molecule has 0 radical (unpaired) electrons. The number of cyclic esters (lactones) is 2. The lowest BCUT2D eigenvalue weighted by molar-refractivity contribution is -0.222. The third kappa shape index (κ3) is 2.75. The molecule has 5 nitrogen and oxygen atoms in total. The Balaban J connectivity index is 1.81. The van der Waals surface area contributed by atoms with Gasteiger partial charge in [0.15, 0.2) is 5.57 Å². The average Bonchev–Trinajstić information content (AvgIpc) is 2.83. The second kappa shape index (κ2) is 4.89. The van der Waals surface area contributed by atoms with Gasteiger partial charge in [0.25, 0.3) is 5.79 Å². The first-order chi connectivity index (χ1) is 9.94. The molecule has 1 aromatic carbocycles. The Kier molecular flexibility index (Phi) is 3.17. The van der Waals surface area contributed by atoms with Crippen LogP contribution < -0.4 is 5.32 Å². The summed E-state index contributed by atoms with van der Waals surface area (Å²) in [6, 6.07) is 7.81. The zero-order chi connectivity index (χ0) is 15.0. The van der Waals surface area contributed by atoms with Crippen molar-refractivity contribution >= 4 is 39.0 Å². The van der Waals surface area contributed by atoms with Crippen molar-refractivity contribution in [2.75, 3.05) is 5.32 Å². The molecule has 1 fully saturated rings. The third-order valence-electron chi connectivity index (χ3n) is 2.96. The van der Waals surface area contributed by atoms with E-state index in [1.54, 1.807) is 11.3 Å². The Bertz CT molecular complexity index is 738. The molecule has 108 valence electrons. The lowest BCUT2D eigenvalue weighted by atomic mass is 10.2. The summed E-state index contributed by atoms with van der Waals surface area (Å²) >= 11 is 1.62. The van der Waals surface area contributed by atoms with Crippen molar-refractivity contribution < 1.29 is 19.1 Å². The number of fused-ring (bicyclic) bond motifs is 1. The zero-order valence-corrected chi connectivity index (χ0v) is 12.3. The van der Waals surface area contributed by atoms with Gasteiger partial charge in [0.2, 0.25) is 0 Å². The molecule has 2 heterocycles. The van der Waals surface area contributed by atoms with E-state index in [2.05, 4.69) is 5.32 Å². The number of hydrogen-bond donors (Lipinski definition) is 1. The molecule has 1 aromatic heterocycles. The molecule has 0 spiro atoms. The molecule has 3 rings (SSSR count). The summed E-state index contributed by atoms with van der Waals surface area (Å²) in [7, 11) is 0. The van der Waals surface area contributed by atoms with E-state index in [0.717, 1.165) is 15.8 Å². The van der Waals surface area contributed by atoms with Gasteiger partial charge in [-0.3, -0.25) is 0 Å². The highest BCUT2D eigenvalue weighted by atomic mass is 32.1. The van der Waals surface area contributed by atoms with Crippen LogP contribution in [0.5, 0.6) is 0 Å². The Hall–Kier alpha value is -2.34. The first-order valence-electron chi connectivity index (χ1n) is 6.35. The number of nitrogens with one attached hydrogen (secondary N) is 1. The van der Waals surface area contributed by atoms with Crippen molar-refractivity contribution in [3.05, 3.63) is 41.4 Å². The molecule has 1 aliphatic rings. The molecule has 0 unspecified atom stereocenters. The Morgan fingerprint density at radius 1 is 1.14 bits per heavy atom.